The predicted octanol–water partition coefficient (Wildman–Crippen LogP) is 9.54. The standard InChI is InChI=1S/C34H52N2/c1-4-7-9-10-11-12-13-14-21-27-36-29-28-35(26-8-5-2)34(36,30-31-22-17-15-18-23-31)33(6-3)32-24-19-16-20-25-32/h15-20,22-25,28-29,33H,4-14,21,26-27,30H2,1-3H3. The van der Waals surface area contributed by atoms with Crippen molar-refractivity contribution >= 4 is 0 Å². The Morgan fingerprint density at radius 1 is 0.583 bits per heavy atom. The Kier molecular flexibility index (Phi) is 12.4. The van der Waals surface area contributed by atoms with E-state index in [1.54, 1.807) is 0 Å². The largest absolute Gasteiger partial charge is 0.353 e. The molecule has 2 atom stereocenters. The van der Waals surface area contributed by atoms with Gasteiger partial charge in [0, 0.05) is 37.8 Å². The maximum absolute atomic E-state index is 2.73. The number of rotatable bonds is 18. The summed E-state index contributed by atoms with van der Waals surface area (Å²) in [5, 5.41) is 0. The van der Waals surface area contributed by atoms with Crippen LogP contribution in [0.4, 0.5) is 0 Å². The highest BCUT2D eigenvalue weighted by Crippen LogP contribution is 2.45. The second-order valence-electron chi connectivity index (χ2n) is 10.8. The second-order valence-corrected chi connectivity index (χ2v) is 10.8. The fourth-order valence-electron chi connectivity index (χ4n) is 6.18. The Hall–Kier alpha value is -2.22. The molecule has 0 radical (unpaired) electrons. The summed E-state index contributed by atoms with van der Waals surface area (Å²) in [5.41, 5.74) is 2.86. The van der Waals surface area contributed by atoms with Crippen molar-refractivity contribution in [3.63, 3.8) is 0 Å². The van der Waals surface area contributed by atoms with Crippen molar-refractivity contribution in [3.05, 3.63) is 84.2 Å². The van der Waals surface area contributed by atoms with Crippen molar-refractivity contribution in [3.8, 4) is 0 Å². The third kappa shape index (κ3) is 7.64. The fourth-order valence-corrected chi connectivity index (χ4v) is 6.18. The maximum Gasteiger partial charge on any atom is 0.123 e. The summed E-state index contributed by atoms with van der Waals surface area (Å²) >= 11 is 0. The lowest BCUT2D eigenvalue weighted by Crippen LogP contribution is -2.59. The Morgan fingerprint density at radius 2 is 1.08 bits per heavy atom. The van der Waals surface area contributed by atoms with E-state index in [2.05, 4.69) is 104 Å². The van der Waals surface area contributed by atoms with Crippen LogP contribution in [0.15, 0.2) is 73.1 Å². The lowest BCUT2D eigenvalue weighted by molar-refractivity contribution is -0.00355. The molecule has 2 aromatic rings. The van der Waals surface area contributed by atoms with E-state index in [1.807, 2.05) is 0 Å². The quantitative estimate of drug-likeness (QED) is 0.193. The molecule has 1 aliphatic rings. The van der Waals surface area contributed by atoms with Gasteiger partial charge in [0.15, 0.2) is 0 Å². The first-order chi connectivity index (χ1) is 17.8. The maximum atomic E-state index is 2.73. The number of hydrogen-bond donors (Lipinski definition) is 0. The van der Waals surface area contributed by atoms with Crippen molar-refractivity contribution in [2.75, 3.05) is 13.1 Å². The van der Waals surface area contributed by atoms with Crippen LogP contribution in [0.2, 0.25) is 0 Å². The fraction of sp³-hybridized carbons (Fsp3) is 0.588. The second kappa shape index (κ2) is 15.8. The molecular weight excluding hydrogens is 436 g/mol. The van der Waals surface area contributed by atoms with Crippen LogP contribution in [0.5, 0.6) is 0 Å². The molecule has 0 N–H and O–H groups in total. The van der Waals surface area contributed by atoms with E-state index >= 15 is 0 Å². The summed E-state index contributed by atoms with van der Waals surface area (Å²) in [4.78, 5) is 5.44. The van der Waals surface area contributed by atoms with E-state index < -0.39 is 0 Å². The van der Waals surface area contributed by atoms with E-state index in [0.717, 1.165) is 25.9 Å². The van der Waals surface area contributed by atoms with E-state index in [0.29, 0.717) is 5.92 Å². The normalized spacial score (nSPS) is 18.2. The minimum atomic E-state index is -0.0488. The van der Waals surface area contributed by atoms with Crippen LogP contribution in [-0.2, 0) is 6.42 Å². The first-order valence-corrected chi connectivity index (χ1v) is 15.1. The zero-order chi connectivity index (χ0) is 25.5. The molecule has 198 valence electrons. The van der Waals surface area contributed by atoms with Crippen molar-refractivity contribution in [2.45, 2.75) is 116 Å². The van der Waals surface area contributed by atoms with Gasteiger partial charge in [0.2, 0.25) is 0 Å². The lowest BCUT2D eigenvalue weighted by Gasteiger charge is -2.51. The summed E-state index contributed by atoms with van der Waals surface area (Å²) < 4.78 is 0. The van der Waals surface area contributed by atoms with Crippen LogP contribution in [0, 0.1) is 0 Å². The van der Waals surface area contributed by atoms with Crippen LogP contribution in [0.3, 0.4) is 0 Å². The van der Waals surface area contributed by atoms with Crippen molar-refractivity contribution < 1.29 is 0 Å². The van der Waals surface area contributed by atoms with E-state index in [9.17, 15) is 0 Å². The van der Waals surface area contributed by atoms with Gasteiger partial charge in [0.05, 0.1) is 0 Å². The van der Waals surface area contributed by atoms with Crippen LogP contribution < -0.4 is 0 Å². The van der Waals surface area contributed by atoms with Gasteiger partial charge in [0.25, 0.3) is 0 Å². The molecule has 1 heterocycles. The van der Waals surface area contributed by atoms with Gasteiger partial charge in [0.1, 0.15) is 5.66 Å². The van der Waals surface area contributed by atoms with Gasteiger partial charge < -0.3 is 9.80 Å². The minimum absolute atomic E-state index is 0.0488. The molecule has 36 heavy (non-hydrogen) atoms. The number of nitrogens with zero attached hydrogens (tertiary/aromatic N) is 2. The Bertz CT molecular complexity index is 846. The Balaban J connectivity index is 1.79. The van der Waals surface area contributed by atoms with E-state index in [4.69, 9.17) is 0 Å². The zero-order valence-corrected chi connectivity index (χ0v) is 23.5. The molecule has 0 spiro atoms. The number of hydrogen-bond acceptors (Lipinski definition) is 2. The van der Waals surface area contributed by atoms with Crippen molar-refractivity contribution in [1.29, 1.82) is 0 Å². The Labute approximate surface area is 222 Å². The predicted molar refractivity (Wildman–Crippen MR) is 157 cm³/mol. The third-order valence-electron chi connectivity index (χ3n) is 8.15. The Morgan fingerprint density at radius 3 is 1.64 bits per heavy atom. The number of benzene rings is 2. The highest BCUT2D eigenvalue weighted by Gasteiger charge is 2.49. The third-order valence-corrected chi connectivity index (χ3v) is 8.15. The zero-order valence-electron chi connectivity index (χ0n) is 23.5. The molecule has 3 rings (SSSR count). The average Bonchev–Trinajstić information content (AvgIpc) is 3.25. The van der Waals surface area contributed by atoms with Gasteiger partial charge in [-0.1, -0.05) is 139 Å². The van der Waals surface area contributed by atoms with Crippen molar-refractivity contribution in [2.24, 2.45) is 0 Å². The molecular formula is C34H52N2. The monoisotopic (exact) mass is 488 g/mol. The first kappa shape index (κ1) is 28.4. The molecule has 2 heteroatoms. The summed E-state index contributed by atoms with van der Waals surface area (Å²) in [7, 11) is 0. The topological polar surface area (TPSA) is 6.48 Å². The van der Waals surface area contributed by atoms with E-state index in [-0.39, 0.29) is 5.66 Å². The first-order valence-electron chi connectivity index (χ1n) is 15.1. The SMILES string of the molecule is CCCCCCCCCCCN1C=CN(CCCC)C1(Cc1ccccc1)C(CC)c1ccccc1. The molecule has 0 saturated carbocycles. The van der Waals surface area contributed by atoms with Gasteiger partial charge in [-0.2, -0.15) is 0 Å². The molecule has 1 aliphatic heterocycles. The average molecular weight is 489 g/mol. The van der Waals surface area contributed by atoms with Gasteiger partial charge in [-0.3, -0.25) is 0 Å². The molecule has 2 aromatic carbocycles. The van der Waals surface area contributed by atoms with Gasteiger partial charge in [-0.05, 0) is 30.4 Å². The van der Waals surface area contributed by atoms with E-state index in [1.165, 1.54) is 81.8 Å². The van der Waals surface area contributed by atoms with Crippen LogP contribution >= 0.6 is 0 Å². The molecule has 0 fully saturated rings. The van der Waals surface area contributed by atoms with Crippen LogP contribution in [-0.4, -0.2) is 28.6 Å². The molecule has 0 aliphatic carbocycles. The summed E-state index contributed by atoms with van der Waals surface area (Å²) in [6.07, 6.45) is 21.9. The molecule has 0 aromatic heterocycles. The van der Waals surface area contributed by atoms with Gasteiger partial charge >= 0.3 is 0 Å². The molecule has 2 nitrogen and oxygen atoms in total. The van der Waals surface area contributed by atoms with Gasteiger partial charge in [-0.15, -0.1) is 0 Å². The highest BCUT2D eigenvalue weighted by atomic mass is 15.4. The molecule has 0 amide bonds. The molecule has 2 unspecified atom stereocenters. The highest BCUT2D eigenvalue weighted by molar-refractivity contribution is 5.30. The van der Waals surface area contributed by atoms with Crippen LogP contribution in [0.25, 0.3) is 0 Å². The molecule has 0 bridgehead atoms. The summed E-state index contributed by atoms with van der Waals surface area (Å²) in [5.74, 6) is 0.448. The number of unbranched alkanes of at least 4 members (excludes halogenated alkanes) is 9. The smallest absolute Gasteiger partial charge is 0.123 e. The summed E-state index contributed by atoms with van der Waals surface area (Å²) in [6, 6.07) is 22.5. The minimum Gasteiger partial charge on any atom is -0.353 e. The van der Waals surface area contributed by atoms with Crippen molar-refractivity contribution in [1.82, 2.24) is 9.80 Å². The van der Waals surface area contributed by atoms with Crippen LogP contribution in [0.1, 0.15) is 115 Å². The molecule has 0 saturated heterocycles. The lowest BCUT2D eigenvalue weighted by atomic mass is 9.78. The summed E-state index contributed by atoms with van der Waals surface area (Å²) in [6.45, 7) is 9.27. The van der Waals surface area contributed by atoms with Gasteiger partial charge in [-0.25, -0.2) is 0 Å².